The minimum Gasteiger partial charge on any atom is -0.478 e. The molecule has 0 bridgehead atoms. The number of hydrogen-bond donors (Lipinski definition) is 2. The summed E-state index contributed by atoms with van der Waals surface area (Å²) in [6.45, 7) is 0. The van der Waals surface area contributed by atoms with Gasteiger partial charge in [-0.15, -0.1) is 0 Å². The molecule has 0 aromatic heterocycles. The van der Waals surface area contributed by atoms with Gasteiger partial charge in [-0.05, 0) is 6.08 Å². The van der Waals surface area contributed by atoms with Crippen LogP contribution in [-0.4, -0.2) is 27.6 Å². The van der Waals surface area contributed by atoms with E-state index < -0.39 is 28.1 Å². The Kier molecular flexibility index (Phi) is 2.32. The molecule has 0 fully saturated rings. The lowest BCUT2D eigenvalue weighted by molar-refractivity contribution is -0.542. The lowest BCUT2D eigenvalue weighted by Gasteiger charge is -2.23. The van der Waals surface area contributed by atoms with Gasteiger partial charge in [0.1, 0.15) is 5.57 Å². The van der Waals surface area contributed by atoms with Crippen LogP contribution in [0.15, 0.2) is 23.8 Å². The van der Waals surface area contributed by atoms with Gasteiger partial charge in [-0.1, -0.05) is 0 Å². The van der Waals surface area contributed by atoms with E-state index in [1.807, 2.05) is 0 Å². The number of halogens is 2. The van der Waals surface area contributed by atoms with Gasteiger partial charge in [-0.25, -0.2) is 4.79 Å². The van der Waals surface area contributed by atoms with E-state index in [1.54, 1.807) is 0 Å². The zero-order valence-corrected chi connectivity index (χ0v) is 7.18. The first kappa shape index (κ1) is 11.2. The van der Waals surface area contributed by atoms with Crippen LogP contribution in [-0.2, 0) is 4.79 Å². The van der Waals surface area contributed by atoms with E-state index in [2.05, 4.69) is 0 Å². The number of alkyl halides is 2. The Morgan fingerprint density at radius 2 is 2.07 bits per heavy atom. The minimum absolute atomic E-state index is 0.0296. The molecule has 0 saturated carbocycles. The van der Waals surface area contributed by atoms with Gasteiger partial charge in [0.2, 0.25) is 0 Å². The normalized spacial score (nSPS) is 28.3. The van der Waals surface area contributed by atoms with Gasteiger partial charge in [-0.3, -0.25) is 15.8 Å². The van der Waals surface area contributed by atoms with Crippen molar-refractivity contribution in [1.82, 2.24) is 0 Å². The van der Waals surface area contributed by atoms with Crippen molar-refractivity contribution in [3.63, 3.8) is 0 Å². The van der Waals surface area contributed by atoms with Crippen molar-refractivity contribution < 1.29 is 23.6 Å². The highest BCUT2D eigenvalue weighted by Gasteiger charge is 2.49. The molecular weight excluding hydrogens is 214 g/mol. The summed E-state index contributed by atoms with van der Waals surface area (Å²) in [5.41, 5.74) is 1.34. The van der Waals surface area contributed by atoms with Crippen molar-refractivity contribution in [1.29, 1.82) is 0 Å². The first-order chi connectivity index (χ1) is 6.69. The van der Waals surface area contributed by atoms with E-state index in [9.17, 15) is 23.7 Å². The fourth-order valence-electron chi connectivity index (χ4n) is 1.08. The van der Waals surface area contributed by atoms with Crippen LogP contribution in [0.5, 0.6) is 0 Å². The summed E-state index contributed by atoms with van der Waals surface area (Å²) in [7, 11) is 0. The Labute approximate surface area is 81.8 Å². The third-order valence-corrected chi connectivity index (χ3v) is 1.86. The number of nitro groups is 1. The standard InChI is InChI=1S/C7H6F2N2O4/c8-6(9)1-2-7(10,11(14)15)4(3-6)5(12)13/h1-3H,10H2,(H,12,13). The summed E-state index contributed by atoms with van der Waals surface area (Å²) < 4.78 is 25.4. The van der Waals surface area contributed by atoms with E-state index in [-0.39, 0.29) is 12.2 Å². The summed E-state index contributed by atoms with van der Waals surface area (Å²) in [4.78, 5) is 19.9. The molecule has 1 atom stereocenters. The number of allylic oxidation sites excluding steroid dienone is 2. The van der Waals surface area contributed by atoms with Crippen molar-refractivity contribution in [3.05, 3.63) is 33.9 Å². The van der Waals surface area contributed by atoms with Gasteiger partial charge in [0, 0.05) is 12.2 Å². The smallest absolute Gasteiger partial charge is 0.340 e. The van der Waals surface area contributed by atoms with Crippen LogP contribution in [0.4, 0.5) is 8.78 Å². The van der Waals surface area contributed by atoms with Crippen molar-refractivity contribution in [3.8, 4) is 0 Å². The average molecular weight is 220 g/mol. The van der Waals surface area contributed by atoms with E-state index in [4.69, 9.17) is 10.8 Å². The monoisotopic (exact) mass is 220 g/mol. The minimum atomic E-state index is -3.54. The Morgan fingerprint density at radius 3 is 2.47 bits per heavy atom. The number of nitrogens with zero attached hydrogens (tertiary/aromatic N) is 1. The van der Waals surface area contributed by atoms with Gasteiger partial charge in [-0.2, -0.15) is 8.78 Å². The van der Waals surface area contributed by atoms with Crippen molar-refractivity contribution in [2.45, 2.75) is 11.6 Å². The van der Waals surface area contributed by atoms with E-state index in [0.717, 1.165) is 0 Å². The molecular formula is C7H6F2N2O4. The third kappa shape index (κ3) is 1.84. The van der Waals surface area contributed by atoms with Crippen LogP contribution in [0.25, 0.3) is 0 Å². The second-order valence-corrected chi connectivity index (χ2v) is 2.95. The first-order valence-corrected chi connectivity index (χ1v) is 3.67. The maximum absolute atomic E-state index is 12.7. The molecule has 0 aliphatic heterocycles. The van der Waals surface area contributed by atoms with E-state index >= 15 is 0 Å². The summed E-state index contributed by atoms with van der Waals surface area (Å²) in [6.07, 6.45) is 0.539. The SMILES string of the molecule is NC1([N+](=O)[O-])C=CC(F)(F)C=C1C(=O)O. The molecule has 82 valence electrons. The quantitative estimate of drug-likeness (QED) is 0.298. The number of aliphatic carboxylic acids is 1. The maximum atomic E-state index is 12.7. The second kappa shape index (κ2) is 3.09. The first-order valence-electron chi connectivity index (χ1n) is 3.67. The number of carboxylic acids is 1. The predicted molar refractivity (Wildman–Crippen MR) is 43.7 cm³/mol. The van der Waals surface area contributed by atoms with E-state index in [1.165, 1.54) is 0 Å². The van der Waals surface area contributed by atoms with Crippen LogP contribution >= 0.6 is 0 Å². The summed E-state index contributed by atoms with van der Waals surface area (Å²) in [6, 6.07) is 0. The predicted octanol–water partition coefficient (Wildman–Crippen LogP) is 0.134. The summed E-state index contributed by atoms with van der Waals surface area (Å²) >= 11 is 0. The number of nitrogens with two attached hydrogens (primary N) is 1. The zero-order chi connectivity index (χ0) is 11.9. The molecule has 15 heavy (non-hydrogen) atoms. The molecule has 1 aliphatic carbocycles. The van der Waals surface area contributed by atoms with Crippen LogP contribution < -0.4 is 5.73 Å². The Bertz CT molecular complexity index is 390. The van der Waals surface area contributed by atoms with Gasteiger partial charge in [0.25, 0.3) is 5.92 Å². The van der Waals surface area contributed by atoms with Crippen molar-refractivity contribution in [2.24, 2.45) is 5.73 Å². The largest absolute Gasteiger partial charge is 0.478 e. The molecule has 0 amide bonds. The molecule has 6 nitrogen and oxygen atoms in total. The van der Waals surface area contributed by atoms with Gasteiger partial charge in [0.15, 0.2) is 0 Å². The molecule has 0 saturated heterocycles. The molecule has 0 radical (unpaired) electrons. The molecule has 0 spiro atoms. The lowest BCUT2D eigenvalue weighted by Crippen LogP contribution is -2.52. The molecule has 3 N–H and O–H groups in total. The van der Waals surface area contributed by atoms with Crippen LogP contribution in [0.1, 0.15) is 0 Å². The average Bonchev–Trinajstić information content (AvgIpc) is 2.09. The number of carboxylic acid groups (broad SMARTS) is 1. The van der Waals surface area contributed by atoms with Crippen LogP contribution in [0, 0.1) is 10.1 Å². The number of carbonyl (C=O) groups is 1. The fraction of sp³-hybridized carbons (Fsp3) is 0.286. The molecule has 0 aromatic rings. The molecule has 1 unspecified atom stereocenters. The van der Waals surface area contributed by atoms with Crippen LogP contribution in [0.3, 0.4) is 0 Å². The highest BCUT2D eigenvalue weighted by molar-refractivity contribution is 5.90. The maximum Gasteiger partial charge on any atom is 0.340 e. The lowest BCUT2D eigenvalue weighted by atomic mass is 9.93. The van der Waals surface area contributed by atoms with Gasteiger partial charge in [0.05, 0.1) is 4.92 Å². The fourth-order valence-corrected chi connectivity index (χ4v) is 1.08. The Balaban J connectivity index is 3.30. The highest BCUT2D eigenvalue weighted by atomic mass is 19.3. The highest BCUT2D eigenvalue weighted by Crippen LogP contribution is 2.30. The van der Waals surface area contributed by atoms with Crippen molar-refractivity contribution >= 4 is 5.97 Å². The Morgan fingerprint density at radius 1 is 1.53 bits per heavy atom. The Hall–Kier alpha value is -1.83. The third-order valence-electron chi connectivity index (χ3n) is 1.86. The zero-order valence-electron chi connectivity index (χ0n) is 7.18. The van der Waals surface area contributed by atoms with Crippen LogP contribution in [0.2, 0.25) is 0 Å². The molecule has 0 aromatic carbocycles. The number of rotatable bonds is 2. The molecule has 0 heterocycles. The van der Waals surface area contributed by atoms with Gasteiger partial charge < -0.3 is 5.11 Å². The number of hydrogen-bond acceptors (Lipinski definition) is 4. The van der Waals surface area contributed by atoms with Crippen molar-refractivity contribution in [2.75, 3.05) is 0 Å². The summed E-state index contributed by atoms with van der Waals surface area (Å²) in [5, 5.41) is 19.0. The van der Waals surface area contributed by atoms with E-state index in [0.29, 0.717) is 6.08 Å². The summed E-state index contributed by atoms with van der Waals surface area (Å²) in [5.74, 6) is -5.38. The molecule has 1 aliphatic rings. The topological polar surface area (TPSA) is 106 Å². The van der Waals surface area contributed by atoms with Gasteiger partial charge >= 0.3 is 11.6 Å². The molecule has 1 rings (SSSR count). The molecule has 8 heteroatoms. The second-order valence-electron chi connectivity index (χ2n) is 2.95.